The number of methoxy groups -OCH3 is 2. The largest absolute Gasteiger partial charge is 0.497 e. The molecule has 0 saturated heterocycles. The number of anilines is 1. The van der Waals surface area contributed by atoms with Crippen LogP contribution in [0.15, 0.2) is 30.3 Å². The molecule has 6 nitrogen and oxygen atoms in total. The van der Waals surface area contributed by atoms with Crippen LogP contribution in [0, 0.1) is 0 Å². The fraction of sp³-hybridized carbons (Fsp3) is 0.409. The number of fused-ring (bicyclic) bond motifs is 1. The van der Waals surface area contributed by atoms with Crippen LogP contribution in [0.3, 0.4) is 0 Å². The molecule has 1 heterocycles. The molecule has 1 unspecified atom stereocenters. The van der Waals surface area contributed by atoms with Gasteiger partial charge in [0.1, 0.15) is 29.1 Å². The van der Waals surface area contributed by atoms with Crippen molar-refractivity contribution < 1.29 is 23.7 Å². The maximum atomic E-state index is 12.5. The lowest BCUT2D eigenvalue weighted by Gasteiger charge is -2.14. The molecule has 1 aliphatic heterocycles. The summed E-state index contributed by atoms with van der Waals surface area (Å²) in [7, 11) is 3.22. The second-order valence-electron chi connectivity index (χ2n) is 6.79. The molecule has 28 heavy (non-hydrogen) atoms. The zero-order valence-corrected chi connectivity index (χ0v) is 16.8. The molecule has 3 rings (SSSR count). The molecule has 2 aromatic carbocycles. The molecule has 1 N–H and O–H groups in total. The average Bonchev–Trinajstić information content (AvgIpc) is 3.05. The molecule has 1 aliphatic rings. The monoisotopic (exact) mass is 385 g/mol. The highest BCUT2D eigenvalue weighted by Gasteiger charge is 2.22. The van der Waals surface area contributed by atoms with Gasteiger partial charge in [-0.25, -0.2) is 0 Å². The lowest BCUT2D eigenvalue weighted by Crippen LogP contribution is -2.13. The SMILES string of the molecule is CCOc1cc2c(cc1NC(=O)CCc1cc(OC)cc(OC)c1)OC(C)C2. The first-order valence-corrected chi connectivity index (χ1v) is 9.50. The molecule has 0 spiro atoms. The number of hydrogen-bond acceptors (Lipinski definition) is 5. The van der Waals surface area contributed by atoms with Gasteiger partial charge in [-0.1, -0.05) is 0 Å². The minimum atomic E-state index is -0.0891. The van der Waals surface area contributed by atoms with Crippen LogP contribution in [-0.2, 0) is 17.6 Å². The van der Waals surface area contributed by atoms with Crippen molar-refractivity contribution in [1.82, 2.24) is 0 Å². The van der Waals surface area contributed by atoms with E-state index in [-0.39, 0.29) is 12.0 Å². The fourth-order valence-electron chi connectivity index (χ4n) is 3.29. The highest BCUT2D eigenvalue weighted by molar-refractivity contribution is 5.93. The predicted molar refractivity (Wildman–Crippen MR) is 108 cm³/mol. The van der Waals surface area contributed by atoms with E-state index in [1.807, 2.05) is 44.2 Å². The number of benzene rings is 2. The Morgan fingerprint density at radius 3 is 2.50 bits per heavy atom. The van der Waals surface area contributed by atoms with Gasteiger partial charge >= 0.3 is 0 Å². The molecule has 0 aliphatic carbocycles. The summed E-state index contributed by atoms with van der Waals surface area (Å²) in [5.41, 5.74) is 2.72. The number of ether oxygens (including phenoxy) is 4. The van der Waals surface area contributed by atoms with Crippen molar-refractivity contribution in [2.75, 3.05) is 26.1 Å². The quantitative estimate of drug-likeness (QED) is 0.744. The molecule has 1 atom stereocenters. The van der Waals surface area contributed by atoms with Gasteiger partial charge < -0.3 is 24.3 Å². The molecular formula is C22H27NO5. The number of amides is 1. The summed E-state index contributed by atoms with van der Waals surface area (Å²) in [6.45, 7) is 4.48. The van der Waals surface area contributed by atoms with Crippen molar-refractivity contribution >= 4 is 11.6 Å². The minimum Gasteiger partial charge on any atom is -0.497 e. The van der Waals surface area contributed by atoms with Gasteiger partial charge in [-0.15, -0.1) is 0 Å². The molecule has 150 valence electrons. The first-order valence-electron chi connectivity index (χ1n) is 9.50. The van der Waals surface area contributed by atoms with E-state index in [2.05, 4.69) is 5.32 Å². The molecule has 0 aromatic heterocycles. The van der Waals surface area contributed by atoms with E-state index in [1.54, 1.807) is 14.2 Å². The lowest BCUT2D eigenvalue weighted by molar-refractivity contribution is -0.116. The van der Waals surface area contributed by atoms with Gasteiger partial charge in [0, 0.05) is 30.5 Å². The van der Waals surface area contributed by atoms with Crippen LogP contribution >= 0.6 is 0 Å². The third-order valence-electron chi connectivity index (χ3n) is 4.62. The van der Waals surface area contributed by atoms with Crippen LogP contribution < -0.4 is 24.3 Å². The Kier molecular flexibility index (Phi) is 6.29. The van der Waals surface area contributed by atoms with Crippen molar-refractivity contribution in [2.45, 2.75) is 39.2 Å². The summed E-state index contributed by atoms with van der Waals surface area (Å²) in [6.07, 6.45) is 1.89. The normalized spacial score (nSPS) is 14.8. The highest BCUT2D eigenvalue weighted by Crippen LogP contribution is 2.38. The van der Waals surface area contributed by atoms with Gasteiger partial charge in [0.25, 0.3) is 0 Å². The summed E-state index contributed by atoms with van der Waals surface area (Å²) in [5, 5.41) is 2.96. The third kappa shape index (κ3) is 4.68. The zero-order valence-electron chi connectivity index (χ0n) is 16.8. The first kappa shape index (κ1) is 19.9. The molecule has 0 radical (unpaired) electrons. The Hall–Kier alpha value is -2.89. The van der Waals surface area contributed by atoms with E-state index >= 15 is 0 Å². The first-order chi connectivity index (χ1) is 13.5. The molecule has 6 heteroatoms. The van der Waals surface area contributed by atoms with Crippen LogP contribution in [0.25, 0.3) is 0 Å². The molecular weight excluding hydrogens is 358 g/mol. The molecule has 0 fully saturated rings. The van der Waals surface area contributed by atoms with Crippen molar-refractivity contribution in [3.05, 3.63) is 41.5 Å². The van der Waals surface area contributed by atoms with Crippen LogP contribution in [0.4, 0.5) is 5.69 Å². The Bertz CT molecular complexity index is 827. The maximum absolute atomic E-state index is 12.5. The van der Waals surface area contributed by atoms with Crippen molar-refractivity contribution in [3.63, 3.8) is 0 Å². The van der Waals surface area contributed by atoms with Gasteiger partial charge in [-0.2, -0.15) is 0 Å². The number of nitrogens with one attached hydrogen (secondary N) is 1. The molecule has 0 saturated carbocycles. The smallest absolute Gasteiger partial charge is 0.224 e. The van der Waals surface area contributed by atoms with Gasteiger partial charge in [0.15, 0.2) is 0 Å². The highest BCUT2D eigenvalue weighted by atomic mass is 16.5. The predicted octanol–water partition coefficient (Wildman–Crippen LogP) is 4.00. The van der Waals surface area contributed by atoms with Gasteiger partial charge in [-0.05, 0) is 44.0 Å². The number of rotatable bonds is 8. The van der Waals surface area contributed by atoms with Crippen LogP contribution in [0.2, 0.25) is 0 Å². The van der Waals surface area contributed by atoms with Gasteiger partial charge in [-0.3, -0.25) is 4.79 Å². The summed E-state index contributed by atoms with van der Waals surface area (Å²) in [6, 6.07) is 9.45. The fourth-order valence-corrected chi connectivity index (χ4v) is 3.29. The Morgan fingerprint density at radius 1 is 1.14 bits per heavy atom. The zero-order chi connectivity index (χ0) is 20.1. The standard InChI is InChI=1S/C22H27NO5/c1-5-27-21-11-16-8-14(2)28-20(16)13-19(21)23-22(24)7-6-15-9-17(25-3)12-18(10-15)26-4/h9-14H,5-8H2,1-4H3,(H,23,24). The minimum absolute atomic E-state index is 0.0891. The summed E-state index contributed by atoms with van der Waals surface area (Å²) < 4.78 is 22.1. The van der Waals surface area contributed by atoms with Gasteiger partial charge in [0.05, 0.1) is 26.5 Å². The van der Waals surface area contributed by atoms with Crippen molar-refractivity contribution in [1.29, 1.82) is 0 Å². The second kappa shape index (κ2) is 8.87. The van der Waals surface area contributed by atoms with E-state index in [4.69, 9.17) is 18.9 Å². The van der Waals surface area contributed by atoms with Crippen LogP contribution in [0.1, 0.15) is 31.4 Å². The number of hydrogen-bond donors (Lipinski definition) is 1. The number of carbonyl (C=O) groups excluding carboxylic acids is 1. The Morgan fingerprint density at radius 2 is 1.86 bits per heavy atom. The average molecular weight is 385 g/mol. The molecule has 0 bridgehead atoms. The van der Waals surface area contributed by atoms with E-state index in [0.29, 0.717) is 42.4 Å². The van der Waals surface area contributed by atoms with E-state index in [1.165, 1.54) is 0 Å². The second-order valence-corrected chi connectivity index (χ2v) is 6.79. The van der Waals surface area contributed by atoms with Gasteiger partial charge in [0.2, 0.25) is 5.91 Å². The maximum Gasteiger partial charge on any atom is 0.224 e. The van der Waals surface area contributed by atoms with Crippen molar-refractivity contribution in [3.8, 4) is 23.0 Å². The van der Waals surface area contributed by atoms with Crippen LogP contribution in [-0.4, -0.2) is 32.8 Å². The Balaban J connectivity index is 1.69. The van der Waals surface area contributed by atoms with E-state index < -0.39 is 0 Å². The topological polar surface area (TPSA) is 66.0 Å². The molecule has 1 amide bonds. The summed E-state index contributed by atoms with van der Waals surface area (Å²) in [5.74, 6) is 2.81. The molecule has 2 aromatic rings. The Labute approximate surface area is 165 Å². The van der Waals surface area contributed by atoms with Crippen LogP contribution in [0.5, 0.6) is 23.0 Å². The summed E-state index contributed by atoms with van der Waals surface area (Å²) >= 11 is 0. The number of carbonyl (C=O) groups is 1. The third-order valence-corrected chi connectivity index (χ3v) is 4.62. The number of aryl methyl sites for hydroxylation is 1. The van der Waals surface area contributed by atoms with Crippen molar-refractivity contribution in [2.24, 2.45) is 0 Å². The summed E-state index contributed by atoms with van der Waals surface area (Å²) in [4.78, 5) is 12.5. The van der Waals surface area contributed by atoms with E-state index in [0.717, 1.165) is 23.3 Å². The lowest BCUT2D eigenvalue weighted by atomic mass is 10.1. The van der Waals surface area contributed by atoms with E-state index in [9.17, 15) is 4.79 Å².